The molecule has 19 heavy (non-hydrogen) atoms. The van der Waals surface area contributed by atoms with Crippen LogP contribution in [0.15, 0.2) is 36.4 Å². The number of rotatable bonds is 3. The van der Waals surface area contributed by atoms with Crippen LogP contribution in [0.4, 0.5) is 8.78 Å². The smallest absolute Gasteiger partial charge is 0.167 e. The Hall–Kier alpha value is -1.74. The summed E-state index contributed by atoms with van der Waals surface area (Å²) in [6, 6.07) is 8.50. The third-order valence-electron chi connectivity index (χ3n) is 2.84. The van der Waals surface area contributed by atoms with Crippen molar-refractivity contribution < 1.29 is 13.6 Å². The van der Waals surface area contributed by atoms with Crippen molar-refractivity contribution in [1.29, 1.82) is 0 Å². The van der Waals surface area contributed by atoms with Gasteiger partial charge in [0, 0.05) is 12.0 Å². The zero-order valence-electron chi connectivity index (χ0n) is 10.2. The van der Waals surface area contributed by atoms with E-state index >= 15 is 0 Å². The Balaban J connectivity index is 2.20. The normalized spacial score (nSPS) is 10.5. The van der Waals surface area contributed by atoms with E-state index in [0.29, 0.717) is 11.1 Å². The summed E-state index contributed by atoms with van der Waals surface area (Å²) in [5.41, 5.74) is 1.26. The van der Waals surface area contributed by atoms with Crippen LogP contribution in [0.3, 0.4) is 0 Å². The average molecular weight is 281 g/mol. The van der Waals surface area contributed by atoms with Gasteiger partial charge in [0.25, 0.3) is 0 Å². The second-order valence-corrected chi connectivity index (χ2v) is 4.72. The second kappa shape index (κ2) is 5.49. The quantitative estimate of drug-likeness (QED) is 0.764. The van der Waals surface area contributed by atoms with Crippen LogP contribution in [0.5, 0.6) is 0 Å². The van der Waals surface area contributed by atoms with Crippen molar-refractivity contribution in [3.8, 4) is 0 Å². The average Bonchev–Trinajstić information content (AvgIpc) is 2.37. The van der Waals surface area contributed by atoms with Gasteiger partial charge < -0.3 is 0 Å². The van der Waals surface area contributed by atoms with E-state index in [-0.39, 0.29) is 22.8 Å². The summed E-state index contributed by atoms with van der Waals surface area (Å²) in [5.74, 6) is -1.25. The van der Waals surface area contributed by atoms with Gasteiger partial charge in [0.2, 0.25) is 0 Å². The number of hydrogen-bond donors (Lipinski definition) is 0. The van der Waals surface area contributed by atoms with Crippen LogP contribution >= 0.6 is 11.6 Å². The molecule has 0 aromatic heterocycles. The van der Waals surface area contributed by atoms with Crippen LogP contribution in [0.1, 0.15) is 21.5 Å². The minimum atomic E-state index is -0.568. The molecule has 0 spiro atoms. The van der Waals surface area contributed by atoms with Gasteiger partial charge in [-0.05, 0) is 36.2 Å². The number of ketones is 1. The monoisotopic (exact) mass is 280 g/mol. The molecule has 0 heterocycles. The van der Waals surface area contributed by atoms with Crippen molar-refractivity contribution in [1.82, 2.24) is 0 Å². The number of halogens is 3. The number of hydrogen-bond acceptors (Lipinski definition) is 1. The predicted molar refractivity (Wildman–Crippen MR) is 70.6 cm³/mol. The molecule has 2 aromatic carbocycles. The Morgan fingerprint density at radius 1 is 1.11 bits per heavy atom. The lowest BCUT2D eigenvalue weighted by Gasteiger charge is -2.04. The molecule has 1 nitrogen and oxygen atoms in total. The molecule has 0 aliphatic carbocycles. The maximum Gasteiger partial charge on any atom is 0.167 e. The van der Waals surface area contributed by atoms with Crippen molar-refractivity contribution in [3.63, 3.8) is 0 Å². The molecule has 0 radical (unpaired) electrons. The van der Waals surface area contributed by atoms with E-state index in [0.717, 1.165) is 0 Å². The highest BCUT2D eigenvalue weighted by Gasteiger charge is 2.10. The first-order chi connectivity index (χ1) is 8.97. The number of carbonyl (C=O) groups is 1. The standard InChI is InChI=1S/C15H11ClF2O/c1-9-2-4-11(8-13(9)17)15(19)7-10-3-5-12(16)14(18)6-10/h2-6,8H,7H2,1H3. The molecule has 0 aliphatic heterocycles. The van der Waals surface area contributed by atoms with Crippen molar-refractivity contribution in [2.45, 2.75) is 13.3 Å². The van der Waals surface area contributed by atoms with Crippen molar-refractivity contribution in [3.05, 3.63) is 69.7 Å². The summed E-state index contributed by atoms with van der Waals surface area (Å²) in [7, 11) is 0. The van der Waals surface area contributed by atoms with Crippen molar-refractivity contribution in [2.24, 2.45) is 0 Å². The zero-order valence-corrected chi connectivity index (χ0v) is 11.0. The molecule has 0 saturated heterocycles. The van der Waals surface area contributed by atoms with Crippen molar-refractivity contribution >= 4 is 17.4 Å². The Kier molecular flexibility index (Phi) is 3.96. The summed E-state index contributed by atoms with van der Waals surface area (Å²) in [5, 5.41) is 0.0116. The van der Waals surface area contributed by atoms with E-state index in [1.54, 1.807) is 25.1 Å². The summed E-state index contributed by atoms with van der Waals surface area (Å²) in [4.78, 5) is 12.0. The second-order valence-electron chi connectivity index (χ2n) is 4.31. The van der Waals surface area contributed by atoms with Gasteiger partial charge >= 0.3 is 0 Å². The molecule has 0 aliphatic rings. The van der Waals surface area contributed by atoms with E-state index in [1.165, 1.54) is 18.2 Å². The van der Waals surface area contributed by atoms with Crippen LogP contribution < -0.4 is 0 Å². The fourth-order valence-electron chi connectivity index (χ4n) is 1.70. The summed E-state index contributed by atoms with van der Waals surface area (Å²) in [6.07, 6.45) is 0.0105. The molecule has 4 heteroatoms. The fourth-order valence-corrected chi connectivity index (χ4v) is 1.82. The van der Waals surface area contributed by atoms with Gasteiger partial charge in [0.15, 0.2) is 5.78 Å². The third kappa shape index (κ3) is 3.18. The molecule has 0 N–H and O–H groups in total. The minimum absolute atomic E-state index is 0.0105. The lowest BCUT2D eigenvalue weighted by Crippen LogP contribution is -2.04. The number of aryl methyl sites for hydroxylation is 1. The Bertz CT molecular complexity index is 638. The first-order valence-electron chi connectivity index (χ1n) is 5.70. The SMILES string of the molecule is Cc1ccc(C(=O)Cc2ccc(Cl)c(F)c2)cc1F. The van der Waals surface area contributed by atoms with Gasteiger partial charge in [-0.15, -0.1) is 0 Å². The molecule has 0 unspecified atom stereocenters. The highest BCUT2D eigenvalue weighted by atomic mass is 35.5. The number of Topliss-reactive ketones (excluding diaryl/α,β-unsaturated/α-hetero) is 1. The number of benzene rings is 2. The summed E-state index contributed by atoms with van der Waals surface area (Å²) < 4.78 is 26.6. The molecule has 0 amide bonds. The zero-order chi connectivity index (χ0) is 14.0. The molecule has 98 valence electrons. The maximum atomic E-state index is 13.4. The lowest BCUT2D eigenvalue weighted by atomic mass is 10.0. The topological polar surface area (TPSA) is 17.1 Å². The molecule has 0 atom stereocenters. The predicted octanol–water partition coefficient (Wildman–Crippen LogP) is 4.35. The highest BCUT2D eigenvalue weighted by molar-refractivity contribution is 6.30. The third-order valence-corrected chi connectivity index (χ3v) is 3.15. The van der Waals surface area contributed by atoms with Crippen LogP contribution in [0.2, 0.25) is 5.02 Å². The van der Waals surface area contributed by atoms with E-state index in [9.17, 15) is 13.6 Å². The highest BCUT2D eigenvalue weighted by Crippen LogP contribution is 2.17. The summed E-state index contributed by atoms with van der Waals surface area (Å²) in [6.45, 7) is 1.62. The molecule has 0 bridgehead atoms. The Labute approximate surface area is 114 Å². The van der Waals surface area contributed by atoms with Gasteiger partial charge in [-0.1, -0.05) is 29.8 Å². The van der Waals surface area contributed by atoms with Crippen LogP contribution in [0.25, 0.3) is 0 Å². The van der Waals surface area contributed by atoms with Gasteiger partial charge in [-0.25, -0.2) is 8.78 Å². The van der Waals surface area contributed by atoms with E-state index in [2.05, 4.69) is 0 Å². The number of carbonyl (C=O) groups excluding carboxylic acids is 1. The lowest BCUT2D eigenvalue weighted by molar-refractivity contribution is 0.0992. The maximum absolute atomic E-state index is 13.4. The molecule has 0 fully saturated rings. The van der Waals surface area contributed by atoms with Gasteiger partial charge in [-0.2, -0.15) is 0 Å². The molecular formula is C15H11ClF2O. The largest absolute Gasteiger partial charge is 0.294 e. The van der Waals surface area contributed by atoms with Crippen molar-refractivity contribution in [2.75, 3.05) is 0 Å². The van der Waals surface area contributed by atoms with E-state index < -0.39 is 11.6 Å². The molecule has 2 aromatic rings. The minimum Gasteiger partial charge on any atom is -0.294 e. The van der Waals surface area contributed by atoms with Gasteiger partial charge in [-0.3, -0.25) is 4.79 Å². The summed E-state index contributed by atoms with van der Waals surface area (Å²) >= 11 is 5.56. The Morgan fingerprint density at radius 2 is 1.84 bits per heavy atom. The fraction of sp³-hybridized carbons (Fsp3) is 0.133. The first kappa shape index (κ1) is 13.7. The van der Waals surface area contributed by atoms with Gasteiger partial charge in [0.05, 0.1) is 5.02 Å². The van der Waals surface area contributed by atoms with Gasteiger partial charge in [0.1, 0.15) is 11.6 Å². The molecule has 0 saturated carbocycles. The van der Waals surface area contributed by atoms with Crippen LogP contribution in [-0.2, 0) is 6.42 Å². The Morgan fingerprint density at radius 3 is 2.47 bits per heavy atom. The van der Waals surface area contributed by atoms with E-state index in [1.807, 2.05) is 0 Å². The van der Waals surface area contributed by atoms with Crippen LogP contribution in [0, 0.1) is 18.6 Å². The van der Waals surface area contributed by atoms with E-state index in [4.69, 9.17) is 11.6 Å². The first-order valence-corrected chi connectivity index (χ1v) is 6.08. The molecule has 2 rings (SSSR count). The van der Waals surface area contributed by atoms with Crippen LogP contribution in [-0.4, -0.2) is 5.78 Å². The molecular weight excluding hydrogens is 270 g/mol.